The van der Waals surface area contributed by atoms with E-state index in [2.05, 4.69) is 6.58 Å². The molecule has 3 aliphatic rings. The summed E-state index contributed by atoms with van der Waals surface area (Å²) in [6.07, 6.45) is 2.83. The molecule has 1 aromatic rings. The number of hydrogen-bond acceptors (Lipinski definition) is 5. The van der Waals surface area contributed by atoms with Crippen LogP contribution in [0.5, 0.6) is 0 Å². The maximum Gasteiger partial charge on any atom is 0.308 e. The summed E-state index contributed by atoms with van der Waals surface area (Å²) in [5, 5.41) is 19.7. The number of nitrogens with zero attached hydrogens (tertiary/aromatic N) is 2. The van der Waals surface area contributed by atoms with Crippen LogP contribution in [0.15, 0.2) is 30.9 Å². The number of β-amino-alcohol motifs (C(OH)–C–C–N with tert-alkyl or cyclic N) is 1. The molecule has 5 atom stereocenters. The number of amides is 2. The van der Waals surface area contributed by atoms with Gasteiger partial charge in [0.2, 0.25) is 5.91 Å². The Labute approximate surface area is 190 Å². The minimum absolute atomic E-state index is 0.0194. The van der Waals surface area contributed by atoms with Crippen molar-refractivity contribution in [3.63, 3.8) is 0 Å². The molecule has 1 spiro atoms. The van der Waals surface area contributed by atoms with Crippen molar-refractivity contribution in [2.24, 2.45) is 11.8 Å². The van der Waals surface area contributed by atoms with Gasteiger partial charge in [0.1, 0.15) is 6.04 Å². The van der Waals surface area contributed by atoms with Gasteiger partial charge in [-0.15, -0.1) is 18.3 Å². The highest BCUT2D eigenvalue weighted by atomic mass is 35.5. The van der Waals surface area contributed by atoms with E-state index >= 15 is 0 Å². The molecule has 0 aliphatic carbocycles. The largest absolute Gasteiger partial charge is 0.481 e. The van der Waals surface area contributed by atoms with E-state index in [1.807, 2.05) is 13.0 Å². The number of carboxylic acid groups (broad SMARTS) is 1. The molecule has 2 N–H and O–H groups in total. The molecule has 4 rings (SSSR count). The summed E-state index contributed by atoms with van der Waals surface area (Å²) in [6.45, 7) is 5.49. The van der Waals surface area contributed by atoms with E-state index in [-0.39, 0.29) is 36.8 Å². The number of aliphatic hydroxyl groups is 1. The van der Waals surface area contributed by atoms with Crippen LogP contribution in [0.1, 0.15) is 18.4 Å². The van der Waals surface area contributed by atoms with Gasteiger partial charge in [0.25, 0.3) is 5.91 Å². The molecule has 2 amide bonds. The normalized spacial score (nSPS) is 31.1. The summed E-state index contributed by atoms with van der Waals surface area (Å²) in [5.41, 5.74) is 1.36. The first-order valence-electron chi connectivity index (χ1n) is 10.3. The van der Waals surface area contributed by atoms with Crippen molar-refractivity contribution in [3.05, 3.63) is 41.4 Å². The van der Waals surface area contributed by atoms with Crippen molar-refractivity contribution >= 4 is 46.8 Å². The lowest BCUT2D eigenvalue weighted by molar-refractivity contribution is -0.148. The van der Waals surface area contributed by atoms with E-state index in [4.69, 9.17) is 11.6 Å². The van der Waals surface area contributed by atoms with Gasteiger partial charge < -0.3 is 20.0 Å². The molecule has 7 nitrogen and oxygen atoms in total. The Morgan fingerprint density at radius 3 is 2.81 bits per heavy atom. The number of aryl methyl sites for hydroxylation is 1. The van der Waals surface area contributed by atoms with E-state index < -0.39 is 28.6 Å². The number of rotatable bonds is 7. The van der Waals surface area contributed by atoms with Crippen molar-refractivity contribution in [3.8, 4) is 0 Å². The van der Waals surface area contributed by atoms with E-state index in [0.29, 0.717) is 23.6 Å². The van der Waals surface area contributed by atoms with Gasteiger partial charge in [-0.05, 0) is 31.4 Å². The molecule has 2 unspecified atom stereocenters. The molecule has 3 heterocycles. The van der Waals surface area contributed by atoms with Gasteiger partial charge in [0, 0.05) is 18.3 Å². The van der Waals surface area contributed by atoms with Gasteiger partial charge in [-0.2, -0.15) is 0 Å². The lowest BCUT2D eigenvalue weighted by Gasteiger charge is -2.37. The second kappa shape index (κ2) is 8.15. The first kappa shape index (κ1) is 22.2. The highest BCUT2D eigenvalue weighted by molar-refractivity contribution is 8.02. The number of hydrogen-bond donors (Lipinski definition) is 2. The van der Waals surface area contributed by atoms with E-state index in [0.717, 1.165) is 5.56 Å². The number of carbonyl (C=O) groups excluding carboxylic acids is 2. The second-order valence-corrected chi connectivity index (χ2v) is 10.3. The van der Waals surface area contributed by atoms with Crippen LogP contribution in [0.4, 0.5) is 5.69 Å². The van der Waals surface area contributed by atoms with Crippen LogP contribution in [-0.2, 0) is 14.4 Å². The number of para-hydroxylation sites is 1. The third-order valence-corrected chi connectivity index (χ3v) is 8.95. The van der Waals surface area contributed by atoms with Crippen molar-refractivity contribution in [2.75, 3.05) is 24.6 Å². The summed E-state index contributed by atoms with van der Waals surface area (Å²) in [7, 11) is 0. The molecule has 0 radical (unpaired) electrons. The predicted molar refractivity (Wildman–Crippen MR) is 119 cm³/mol. The summed E-state index contributed by atoms with van der Waals surface area (Å²) in [4.78, 5) is 42.3. The molecule has 9 heteroatoms. The summed E-state index contributed by atoms with van der Waals surface area (Å²) in [6, 6.07) is 4.49. The minimum atomic E-state index is -1.00. The Hall–Kier alpha value is -2.03. The van der Waals surface area contributed by atoms with Gasteiger partial charge in [-0.25, -0.2) is 0 Å². The summed E-state index contributed by atoms with van der Waals surface area (Å²) >= 11 is 7.92. The average Bonchev–Trinajstić information content (AvgIpc) is 3.35. The highest BCUT2D eigenvalue weighted by Crippen LogP contribution is 2.66. The number of benzene rings is 1. The number of aliphatic carboxylic acids is 1. The molecule has 3 aliphatic heterocycles. The summed E-state index contributed by atoms with van der Waals surface area (Å²) < 4.78 is -0.814. The number of aliphatic hydroxyl groups excluding tert-OH is 1. The van der Waals surface area contributed by atoms with Crippen molar-refractivity contribution < 1.29 is 24.6 Å². The van der Waals surface area contributed by atoms with E-state index in [9.17, 15) is 24.6 Å². The maximum atomic E-state index is 14.1. The smallest absolute Gasteiger partial charge is 0.308 e. The Morgan fingerprint density at radius 1 is 1.45 bits per heavy atom. The monoisotopic (exact) mass is 464 g/mol. The number of anilines is 1. The predicted octanol–water partition coefficient (Wildman–Crippen LogP) is 2.34. The molecule has 0 saturated carbocycles. The zero-order valence-electron chi connectivity index (χ0n) is 17.2. The van der Waals surface area contributed by atoms with Gasteiger partial charge in [0.05, 0.1) is 33.9 Å². The zero-order chi connectivity index (χ0) is 22.5. The van der Waals surface area contributed by atoms with Crippen LogP contribution in [0.3, 0.4) is 0 Å². The van der Waals surface area contributed by atoms with Gasteiger partial charge >= 0.3 is 5.97 Å². The quantitative estimate of drug-likeness (QED) is 0.601. The van der Waals surface area contributed by atoms with Crippen LogP contribution in [0.25, 0.3) is 0 Å². The SMILES string of the molecule is C=CCN(C(=O)C1N(CCO)C(=O)[C@@H]2[C@@H](C(=O)O)[C@H]3CCC12S3)c1c(C)cccc1Cl. The maximum absolute atomic E-state index is 14.1. The fraction of sp³-hybridized carbons (Fsp3) is 0.500. The fourth-order valence-electron chi connectivity index (χ4n) is 5.60. The Balaban J connectivity index is 1.82. The summed E-state index contributed by atoms with van der Waals surface area (Å²) in [5.74, 6) is -3.27. The molecule has 2 bridgehead atoms. The zero-order valence-corrected chi connectivity index (χ0v) is 18.7. The average molecular weight is 465 g/mol. The van der Waals surface area contributed by atoms with Crippen molar-refractivity contribution in [2.45, 2.75) is 35.8 Å². The topological polar surface area (TPSA) is 98.2 Å². The molecule has 3 saturated heterocycles. The van der Waals surface area contributed by atoms with Gasteiger partial charge in [0.15, 0.2) is 0 Å². The van der Waals surface area contributed by atoms with Gasteiger partial charge in [-0.3, -0.25) is 14.4 Å². The molecule has 31 heavy (non-hydrogen) atoms. The van der Waals surface area contributed by atoms with Crippen molar-refractivity contribution in [1.29, 1.82) is 0 Å². The second-order valence-electron chi connectivity index (χ2n) is 8.29. The highest BCUT2D eigenvalue weighted by Gasteiger charge is 2.74. The molecular weight excluding hydrogens is 440 g/mol. The van der Waals surface area contributed by atoms with Gasteiger partial charge in [-0.1, -0.05) is 29.8 Å². The minimum Gasteiger partial charge on any atom is -0.481 e. The van der Waals surface area contributed by atoms with Crippen molar-refractivity contribution in [1.82, 2.24) is 4.90 Å². The van der Waals surface area contributed by atoms with Crippen LogP contribution in [0, 0.1) is 18.8 Å². The number of likely N-dealkylation sites (tertiary alicyclic amines) is 1. The fourth-order valence-corrected chi connectivity index (χ4v) is 8.13. The molecular formula is C22H25ClN2O5S. The number of carbonyl (C=O) groups is 3. The lowest BCUT2D eigenvalue weighted by atomic mass is 9.71. The van der Waals surface area contributed by atoms with E-state index in [1.165, 1.54) is 21.6 Å². The first-order valence-corrected chi connectivity index (χ1v) is 11.5. The molecule has 1 aromatic carbocycles. The first-order chi connectivity index (χ1) is 14.8. The van der Waals surface area contributed by atoms with Crippen LogP contribution in [-0.4, -0.2) is 68.6 Å². The van der Waals surface area contributed by atoms with Crippen LogP contribution >= 0.6 is 23.4 Å². The third kappa shape index (κ3) is 3.18. The molecule has 3 fully saturated rings. The molecule has 0 aromatic heterocycles. The lowest BCUT2D eigenvalue weighted by Crippen LogP contribution is -2.55. The number of thioether (sulfide) groups is 1. The van der Waals surface area contributed by atoms with Crippen LogP contribution in [0.2, 0.25) is 5.02 Å². The number of carboxylic acids is 1. The van der Waals surface area contributed by atoms with E-state index in [1.54, 1.807) is 18.2 Å². The Kier molecular flexibility index (Phi) is 5.83. The third-order valence-electron chi connectivity index (χ3n) is 6.70. The Morgan fingerprint density at radius 2 is 2.19 bits per heavy atom. The Bertz CT molecular complexity index is 936. The van der Waals surface area contributed by atoms with Crippen LogP contribution < -0.4 is 4.90 Å². The standard InChI is InChI=1S/C22H25ClN2O5S/c1-3-9-24(17-12(2)5-4-6-13(17)23)20(28)18-22-8-7-14(31-22)15(21(29)30)16(22)19(27)25(18)10-11-26/h3-6,14-16,18,26H,1,7-11H2,2H3,(H,29,30)/t14-,15+,16+,18?,22?/m1/s1. The number of fused-ring (bicyclic) bond motifs is 1. The number of halogens is 1. The molecule has 166 valence electrons.